The maximum absolute atomic E-state index is 10.1. The third kappa shape index (κ3) is 4.94. The minimum Gasteiger partial charge on any atom is -0.395 e. The lowest BCUT2D eigenvalue weighted by atomic mass is 9.92. The van der Waals surface area contributed by atoms with E-state index in [2.05, 4.69) is 11.8 Å². The van der Waals surface area contributed by atoms with Gasteiger partial charge in [-0.2, -0.15) is 0 Å². The average molecular weight is 203 g/mol. The van der Waals surface area contributed by atoms with Gasteiger partial charge in [-0.05, 0) is 25.8 Å². The van der Waals surface area contributed by atoms with E-state index < -0.39 is 5.60 Å². The van der Waals surface area contributed by atoms with Gasteiger partial charge >= 0.3 is 0 Å². The first-order chi connectivity index (χ1) is 6.44. The fourth-order valence-electron chi connectivity index (χ4n) is 1.36. The lowest BCUT2D eigenvalue weighted by molar-refractivity contribution is -0.0215. The van der Waals surface area contributed by atoms with E-state index >= 15 is 0 Å². The van der Waals surface area contributed by atoms with Crippen LogP contribution in [0.3, 0.4) is 0 Å². The maximum atomic E-state index is 10.1. The molecule has 0 saturated heterocycles. The van der Waals surface area contributed by atoms with Crippen molar-refractivity contribution in [1.82, 2.24) is 4.90 Å². The Balaban J connectivity index is 4.12. The van der Waals surface area contributed by atoms with Gasteiger partial charge in [-0.15, -0.1) is 0 Å². The van der Waals surface area contributed by atoms with Crippen molar-refractivity contribution < 1.29 is 10.2 Å². The first-order valence-electron chi connectivity index (χ1n) is 5.49. The molecule has 0 saturated carbocycles. The van der Waals surface area contributed by atoms with Gasteiger partial charge in [0.05, 0.1) is 12.2 Å². The van der Waals surface area contributed by atoms with Crippen molar-refractivity contribution in [3.63, 3.8) is 0 Å². The number of aliphatic hydroxyl groups is 2. The summed E-state index contributed by atoms with van der Waals surface area (Å²) in [6.45, 7) is 10.4. The van der Waals surface area contributed by atoms with Gasteiger partial charge in [-0.1, -0.05) is 20.8 Å². The Labute approximate surface area is 87.7 Å². The second-order valence-electron chi connectivity index (χ2n) is 4.51. The molecule has 1 atom stereocenters. The molecule has 0 aliphatic rings. The highest BCUT2D eigenvalue weighted by Crippen LogP contribution is 2.17. The van der Waals surface area contributed by atoms with Gasteiger partial charge in [0.2, 0.25) is 0 Å². The SMILES string of the molecule is CCCN(CCO)CC(C)(O)C(C)C. The molecule has 0 bridgehead atoms. The Morgan fingerprint density at radius 1 is 1.29 bits per heavy atom. The Kier molecular flexibility index (Phi) is 6.33. The summed E-state index contributed by atoms with van der Waals surface area (Å²) in [5.41, 5.74) is -0.662. The summed E-state index contributed by atoms with van der Waals surface area (Å²) < 4.78 is 0. The molecule has 1 unspecified atom stereocenters. The number of rotatable bonds is 7. The number of hydrogen-bond acceptors (Lipinski definition) is 3. The number of nitrogens with zero attached hydrogens (tertiary/aromatic N) is 1. The second kappa shape index (κ2) is 6.38. The molecule has 0 rings (SSSR count). The van der Waals surface area contributed by atoms with E-state index in [1.807, 2.05) is 20.8 Å². The molecule has 0 aromatic carbocycles. The van der Waals surface area contributed by atoms with E-state index in [4.69, 9.17) is 5.11 Å². The summed E-state index contributed by atoms with van der Waals surface area (Å²) in [4.78, 5) is 2.11. The zero-order chi connectivity index (χ0) is 11.2. The van der Waals surface area contributed by atoms with Gasteiger partial charge in [0, 0.05) is 13.1 Å². The molecular weight excluding hydrogens is 178 g/mol. The quantitative estimate of drug-likeness (QED) is 0.651. The maximum Gasteiger partial charge on any atom is 0.0768 e. The number of aliphatic hydroxyl groups excluding tert-OH is 1. The Hall–Kier alpha value is -0.120. The highest BCUT2D eigenvalue weighted by molar-refractivity contribution is 4.80. The topological polar surface area (TPSA) is 43.7 Å². The first kappa shape index (κ1) is 13.9. The molecule has 0 fully saturated rings. The van der Waals surface area contributed by atoms with E-state index in [0.717, 1.165) is 13.0 Å². The van der Waals surface area contributed by atoms with Crippen LogP contribution in [0, 0.1) is 5.92 Å². The Morgan fingerprint density at radius 2 is 1.86 bits per heavy atom. The monoisotopic (exact) mass is 203 g/mol. The van der Waals surface area contributed by atoms with Crippen molar-refractivity contribution in [2.45, 2.75) is 39.7 Å². The molecule has 0 aromatic heterocycles. The lowest BCUT2D eigenvalue weighted by Crippen LogP contribution is -2.45. The van der Waals surface area contributed by atoms with Crippen LogP contribution in [0.1, 0.15) is 34.1 Å². The fraction of sp³-hybridized carbons (Fsp3) is 1.00. The standard InChI is InChI=1S/C11H25NO2/c1-5-6-12(7-8-13)9-11(4,14)10(2)3/h10,13-14H,5-9H2,1-4H3. The molecule has 3 nitrogen and oxygen atoms in total. The van der Waals surface area contributed by atoms with Crippen molar-refractivity contribution in [3.8, 4) is 0 Å². The van der Waals surface area contributed by atoms with Crippen LogP contribution in [0.5, 0.6) is 0 Å². The fourth-order valence-corrected chi connectivity index (χ4v) is 1.36. The van der Waals surface area contributed by atoms with Crippen LogP contribution < -0.4 is 0 Å². The summed E-state index contributed by atoms with van der Waals surface area (Å²) >= 11 is 0. The van der Waals surface area contributed by atoms with Crippen molar-refractivity contribution in [2.24, 2.45) is 5.92 Å². The van der Waals surface area contributed by atoms with Gasteiger partial charge in [0.25, 0.3) is 0 Å². The van der Waals surface area contributed by atoms with E-state index in [9.17, 15) is 5.11 Å². The van der Waals surface area contributed by atoms with Crippen LogP contribution in [0.2, 0.25) is 0 Å². The summed E-state index contributed by atoms with van der Waals surface area (Å²) in [7, 11) is 0. The third-order valence-corrected chi connectivity index (χ3v) is 2.74. The van der Waals surface area contributed by atoms with E-state index in [1.165, 1.54) is 0 Å². The smallest absolute Gasteiger partial charge is 0.0768 e. The van der Waals surface area contributed by atoms with Gasteiger partial charge < -0.3 is 10.2 Å². The molecular formula is C11H25NO2. The number of hydrogen-bond donors (Lipinski definition) is 2. The highest BCUT2D eigenvalue weighted by atomic mass is 16.3. The van der Waals surface area contributed by atoms with E-state index in [0.29, 0.717) is 13.1 Å². The van der Waals surface area contributed by atoms with Gasteiger partial charge in [-0.25, -0.2) is 0 Å². The van der Waals surface area contributed by atoms with Gasteiger partial charge in [-0.3, -0.25) is 4.90 Å². The van der Waals surface area contributed by atoms with E-state index in [1.54, 1.807) is 0 Å². The zero-order valence-corrected chi connectivity index (χ0v) is 9.95. The van der Waals surface area contributed by atoms with Crippen LogP contribution in [-0.2, 0) is 0 Å². The van der Waals surface area contributed by atoms with Crippen LogP contribution in [0.15, 0.2) is 0 Å². The third-order valence-electron chi connectivity index (χ3n) is 2.74. The van der Waals surface area contributed by atoms with Crippen LogP contribution >= 0.6 is 0 Å². The molecule has 3 heteroatoms. The van der Waals surface area contributed by atoms with Gasteiger partial charge in [0.1, 0.15) is 0 Å². The largest absolute Gasteiger partial charge is 0.395 e. The normalized spacial score (nSPS) is 16.3. The summed E-state index contributed by atoms with van der Waals surface area (Å²) in [5.74, 6) is 0.237. The lowest BCUT2D eigenvalue weighted by Gasteiger charge is -2.34. The Bertz CT molecular complexity index is 140. The van der Waals surface area contributed by atoms with Crippen LogP contribution in [0.25, 0.3) is 0 Å². The van der Waals surface area contributed by atoms with Crippen molar-refractivity contribution in [3.05, 3.63) is 0 Å². The summed E-state index contributed by atoms with van der Waals surface area (Å²) in [5, 5.41) is 19.0. The molecule has 0 aliphatic carbocycles. The van der Waals surface area contributed by atoms with E-state index in [-0.39, 0.29) is 12.5 Å². The highest BCUT2D eigenvalue weighted by Gasteiger charge is 2.27. The molecule has 0 aliphatic heterocycles. The Morgan fingerprint density at radius 3 is 2.21 bits per heavy atom. The molecule has 0 amide bonds. The first-order valence-corrected chi connectivity index (χ1v) is 5.49. The van der Waals surface area contributed by atoms with Crippen LogP contribution in [0.4, 0.5) is 0 Å². The molecule has 86 valence electrons. The molecule has 0 radical (unpaired) electrons. The molecule has 14 heavy (non-hydrogen) atoms. The van der Waals surface area contributed by atoms with Crippen molar-refractivity contribution in [1.29, 1.82) is 0 Å². The predicted molar refractivity (Wildman–Crippen MR) is 59.3 cm³/mol. The molecule has 0 heterocycles. The molecule has 0 spiro atoms. The molecule has 0 aromatic rings. The summed E-state index contributed by atoms with van der Waals surface area (Å²) in [6.07, 6.45) is 1.05. The van der Waals surface area contributed by atoms with Crippen LogP contribution in [-0.4, -0.2) is 47.0 Å². The second-order valence-corrected chi connectivity index (χ2v) is 4.51. The predicted octanol–water partition coefficient (Wildman–Crippen LogP) is 1.10. The summed E-state index contributed by atoms with van der Waals surface area (Å²) in [6, 6.07) is 0. The molecule has 2 N–H and O–H groups in total. The van der Waals surface area contributed by atoms with Crippen molar-refractivity contribution in [2.75, 3.05) is 26.2 Å². The minimum absolute atomic E-state index is 0.161. The minimum atomic E-state index is -0.662. The zero-order valence-electron chi connectivity index (χ0n) is 9.95. The average Bonchev–Trinajstić information content (AvgIpc) is 2.04. The van der Waals surface area contributed by atoms with Crippen molar-refractivity contribution >= 4 is 0 Å². The van der Waals surface area contributed by atoms with Gasteiger partial charge in [0.15, 0.2) is 0 Å².